The second-order valence-corrected chi connectivity index (χ2v) is 7.93. The third-order valence-electron chi connectivity index (χ3n) is 4.79. The number of rotatable bonds is 5. The van der Waals surface area contributed by atoms with Crippen LogP contribution in [0.5, 0.6) is 0 Å². The molecule has 30 heavy (non-hydrogen) atoms. The lowest BCUT2D eigenvalue weighted by Crippen LogP contribution is -2.28. The molecule has 1 fully saturated rings. The molecule has 0 radical (unpaired) electrons. The Morgan fingerprint density at radius 3 is 2.33 bits per heavy atom. The zero-order valence-corrected chi connectivity index (χ0v) is 17.6. The van der Waals surface area contributed by atoms with Crippen molar-refractivity contribution in [3.05, 3.63) is 99.8 Å². The summed E-state index contributed by atoms with van der Waals surface area (Å²) in [7, 11) is 0. The monoisotopic (exact) mass is 415 g/mol. The quantitative estimate of drug-likeness (QED) is 0.318. The van der Waals surface area contributed by atoms with Gasteiger partial charge >= 0.3 is 0 Å². The van der Waals surface area contributed by atoms with E-state index in [2.05, 4.69) is 10.2 Å². The highest BCUT2D eigenvalue weighted by Crippen LogP contribution is 2.34. The molecule has 1 aliphatic rings. The first-order chi connectivity index (χ1) is 14.6. The predicted molar refractivity (Wildman–Crippen MR) is 122 cm³/mol. The molecule has 5 nitrogen and oxygen atoms in total. The highest BCUT2D eigenvalue weighted by Gasteiger charge is 2.34. The van der Waals surface area contributed by atoms with Gasteiger partial charge in [0, 0.05) is 0 Å². The van der Waals surface area contributed by atoms with E-state index in [0.717, 1.165) is 22.3 Å². The standard InChI is InChI=1S/C24H21N3O2S/c1-17-8-3-5-10-19(17)14-22-23(28)27(16-21-12-7-13-29-21)24(30-22)26-25-15-20-11-6-4-9-18(20)2/h3-15H,16H2,1-2H3/b22-14-,25-15-,26-24+. The molecule has 0 atom stereocenters. The normalized spacial score (nSPS) is 17.0. The second kappa shape index (κ2) is 8.97. The first kappa shape index (κ1) is 19.9. The van der Waals surface area contributed by atoms with E-state index in [1.54, 1.807) is 23.4 Å². The summed E-state index contributed by atoms with van der Waals surface area (Å²) in [5.41, 5.74) is 4.23. The average molecular weight is 416 g/mol. The minimum atomic E-state index is -0.107. The molecule has 6 heteroatoms. The van der Waals surface area contributed by atoms with Crippen LogP contribution in [0.2, 0.25) is 0 Å². The summed E-state index contributed by atoms with van der Waals surface area (Å²) in [5.74, 6) is 0.584. The Labute approximate surface area is 179 Å². The number of amidine groups is 1. The maximum atomic E-state index is 13.1. The molecule has 0 unspecified atom stereocenters. The van der Waals surface area contributed by atoms with E-state index in [9.17, 15) is 4.79 Å². The summed E-state index contributed by atoms with van der Waals surface area (Å²) in [4.78, 5) is 15.3. The van der Waals surface area contributed by atoms with Crippen molar-refractivity contribution in [2.75, 3.05) is 0 Å². The number of thioether (sulfide) groups is 1. The molecule has 2 aromatic carbocycles. The van der Waals surface area contributed by atoms with Crippen LogP contribution in [-0.4, -0.2) is 22.2 Å². The van der Waals surface area contributed by atoms with Crippen LogP contribution in [0.4, 0.5) is 0 Å². The van der Waals surface area contributed by atoms with Gasteiger partial charge in [0.1, 0.15) is 5.76 Å². The molecule has 2 heterocycles. The Hall–Kier alpha value is -3.38. The van der Waals surface area contributed by atoms with Crippen LogP contribution in [0, 0.1) is 13.8 Å². The van der Waals surface area contributed by atoms with Gasteiger partial charge < -0.3 is 4.42 Å². The van der Waals surface area contributed by atoms with Gasteiger partial charge in [-0.25, -0.2) is 0 Å². The average Bonchev–Trinajstić information content (AvgIpc) is 3.35. The number of amides is 1. The lowest BCUT2D eigenvalue weighted by atomic mass is 10.1. The molecule has 1 aromatic heterocycles. The van der Waals surface area contributed by atoms with Gasteiger partial charge in [0.15, 0.2) is 5.17 Å². The van der Waals surface area contributed by atoms with Crippen molar-refractivity contribution in [2.24, 2.45) is 10.2 Å². The zero-order valence-electron chi connectivity index (χ0n) is 16.8. The van der Waals surface area contributed by atoms with Crippen molar-refractivity contribution in [3.63, 3.8) is 0 Å². The topological polar surface area (TPSA) is 58.2 Å². The van der Waals surface area contributed by atoms with Crippen LogP contribution in [0.3, 0.4) is 0 Å². The number of benzene rings is 2. The molecule has 150 valence electrons. The Morgan fingerprint density at radius 1 is 0.967 bits per heavy atom. The van der Waals surface area contributed by atoms with Crippen molar-refractivity contribution in [2.45, 2.75) is 20.4 Å². The molecule has 3 aromatic rings. The third-order valence-corrected chi connectivity index (χ3v) is 5.78. The minimum absolute atomic E-state index is 0.107. The molecule has 4 rings (SSSR count). The summed E-state index contributed by atoms with van der Waals surface area (Å²) >= 11 is 1.32. The van der Waals surface area contributed by atoms with Gasteiger partial charge in [0.05, 0.1) is 23.9 Å². The van der Waals surface area contributed by atoms with Crippen molar-refractivity contribution in [1.29, 1.82) is 0 Å². The van der Waals surface area contributed by atoms with Gasteiger partial charge in [-0.15, -0.1) is 5.10 Å². The first-order valence-corrected chi connectivity index (χ1v) is 10.4. The Kier molecular flexibility index (Phi) is 5.95. The van der Waals surface area contributed by atoms with Gasteiger partial charge in [-0.2, -0.15) is 5.10 Å². The van der Waals surface area contributed by atoms with Crippen LogP contribution in [0.15, 0.2) is 86.5 Å². The molecule has 0 bridgehead atoms. The highest BCUT2D eigenvalue weighted by molar-refractivity contribution is 8.18. The molecule has 0 saturated carbocycles. The second-order valence-electron chi connectivity index (χ2n) is 6.92. The van der Waals surface area contributed by atoms with Gasteiger partial charge in [-0.3, -0.25) is 9.69 Å². The number of carbonyl (C=O) groups is 1. The van der Waals surface area contributed by atoms with Crippen LogP contribution in [-0.2, 0) is 11.3 Å². The number of nitrogens with zero attached hydrogens (tertiary/aromatic N) is 3. The fourth-order valence-corrected chi connectivity index (χ4v) is 3.97. The lowest BCUT2D eigenvalue weighted by Gasteiger charge is -2.12. The molecule has 1 aliphatic heterocycles. The number of furan rings is 1. The van der Waals surface area contributed by atoms with E-state index in [1.807, 2.05) is 74.5 Å². The zero-order chi connectivity index (χ0) is 20.9. The smallest absolute Gasteiger partial charge is 0.267 e. The molecule has 1 saturated heterocycles. The summed E-state index contributed by atoms with van der Waals surface area (Å²) in [5, 5.41) is 9.13. The van der Waals surface area contributed by atoms with E-state index in [4.69, 9.17) is 4.42 Å². The molecule has 1 amide bonds. The maximum absolute atomic E-state index is 13.1. The number of hydrogen-bond acceptors (Lipinski definition) is 5. The van der Waals surface area contributed by atoms with Gasteiger partial charge in [0.25, 0.3) is 5.91 Å². The summed E-state index contributed by atoms with van der Waals surface area (Å²) in [6, 6.07) is 19.6. The molecule has 0 spiro atoms. The van der Waals surface area contributed by atoms with E-state index < -0.39 is 0 Å². The van der Waals surface area contributed by atoms with Crippen molar-refractivity contribution in [1.82, 2.24) is 4.90 Å². The third kappa shape index (κ3) is 4.44. The van der Waals surface area contributed by atoms with E-state index in [1.165, 1.54) is 11.8 Å². The van der Waals surface area contributed by atoms with Crippen molar-refractivity contribution in [3.8, 4) is 0 Å². The minimum Gasteiger partial charge on any atom is -0.467 e. The summed E-state index contributed by atoms with van der Waals surface area (Å²) in [6.45, 7) is 4.36. The first-order valence-electron chi connectivity index (χ1n) is 9.58. The van der Waals surface area contributed by atoms with E-state index in [-0.39, 0.29) is 5.91 Å². The molecular weight excluding hydrogens is 394 g/mol. The fourth-order valence-electron chi connectivity index (χ4n) is 3.04. The lowest BCUT2D eigenvalue weighted by molar-refractivity contribution is -0.122. The van der Waals surface area contributed by atoms with Gasteiger partial charge in [-0.1, -0.05) is 48.5 Å². The molecular formula is C24H21N3O2S. The van der Waals surface area contributed by atoms with Crippen LogP contribution >= 0.6 is 11.8 Å². The summed E-state index contributed by atoms with van der Waals surface area (Å²) in [6.07, 6.45) is 5.22. The predicted octanol–water partition coefficient (Wildman–Crippen LogP) is 5.40. The number of aryl methyl sites for hydroxylation is 2. The van der Waals surface area contributed by atoms with Crippen molar-refractivity contribution >= 4 is 35.1 Å². The van der Waals surface area contributed by atoms with E-state index in [0.29, 0.717) is 22.4 Å². The maximum Gasteiger partial charge on any atom is 0.267 e. The summed E-state index contributed by atoms with van der Waals surface area (Å²) < 4.78 is 5.44. The SMILES string of the molecule is Cc1ccccc1/C=N\N=C1\S/C(=C\c2ccccc2C)C(=O)N1Cc1ccco1. The molecule has 0 N–H and O–H groups in total. The highest BCUT2D eigenvalue weighted by atomic mass is 32.2. The Morgan fingerprint density at radius 2 is 1.67 bits per heavy atom. The Bertz CT molecular complexity index is 1150. The largest absolute Gasteiger partial charge is 0.467 e. The van der Waals surface area contributed by atoms with Crippen LogP contribution in [0.25, 0.3) is 6.08 Å². The molecule has 0 aliphatic carbocycles. The van der Waals surface area contributed by atoms with Gasteiger partial charge in [-0.05, 0) is 66.1 Å². The number of carbonyl (C=O) groups excluding carboxylic acids is 1. The fraction of sp³-hybridized carbons (Fsp3) is 0.125. The van der Waals surface area contributed by atoms with Crippen LogP contribution < -0.4 is 0 Å². The van der Waals surface area contributed by atoms with E-state index >= 15 is 0 Å². The van der Waals surface area contributed by atoms with Crippen LogP contribution in [0.1, 0.15) is 28.0 Å². The van der Waals surface area contributed by atoms with Gasteiger partial charge in [0.2, 0.25) is 0 Å². The Balaban J connectivity index is 1.65. The van der Waals surface area contributed by atoms with Crippen molar-refractivity contribution < 1.29 is 9.21 Å². The number of hydrogen-bond donors (Lipinski definition) is 0.